The van der Waals surface area contributed by atoms with E-state index in [2.05, 4.69) is 0 Å². The average molecular weight is 330 g/mol. The van der Waals surface area contributed by atoms with Crippen LogP contribution in [0, 0.1) is 0 Å². The molecule has 5 nitrogen and oxygen atoms in total. The third kappa shape index (κ3) is 5.57. The number of carbonyl (C=O) groups excluding carboxylic acids is 2. The van der Waals surface area contributed by atoms with Crippen LogP contribution in [-0.2, 0) is 9.53 Å². The van der Waals surface area contributed by atoms with E-state index in [1.54, 1.807) is 44.2 Å². The van der Waals surface area contributed by atoms with E-state index in [1.807, 2.05) is 6.08 Å². The van der Waals surface area contributed by atoms with Gasteiger partial charge in [-0.2, -0.15) is 0 Å². The normalized spacial score (nSPS) is 14.0. The number of ether oxygens (including phenoxy) is 2. The number of hydrogen-bond donors (Lipinski definition) is 1. The summed E-state index contributed by atoms with van der Waals surface area (Å²) in [5.74, 6) is 0.0456. The molecule has 0 saturated carbocycles. The molecule has 1 aromatic carbocycles. The van der Waals surface area contributed by atoms with E-state index >= 15 is 0 Å². The van der Waals surface area contributed by atoms with Gasteiger partial charge >= 0.3 is 11.9 Å². The van der Waals surface area contributed by atoms with Crippen LogP contribution < -0.4 is 4.74 Å². The highest BCUT2D eigenvalue weighted by Gasteiger charge is 2.12. The topological polar surface area (TPSA) is 72.8 Å². The molecule has 0 aromatic heterocycles. The third-order valence-electron chi connectivity index (χ3n) is 3.53. The van der Waals surface area contributed by atoms with Crippen molar-refractivity contribution in [3.8, 4) is 5.75 Å². The van der Waals surface area contributed by atoms with Crippen LogP contribution in [0.15, 0.2) is 47.7 Å². The maximum absolute atomic E-state index is 11.9. The number of esters is 2. The zero-order valence-corrected chi connectivity index (χ0v) is 14.0. The fraction of sp³-hybridized carbons (Fsp3) is 0.368. The van der Waals surface area contributed by atoms with Crippen molar-refractivity contribution in [2.24, 2.45) is 0 Å². The Kier molecular flexibility index (Phi) is 6.18. The maximum atomic E-state index is 11.9. The zero-order chi connectivity index (χ0) is 17.5. The molecule has 0 heterocycles. The molecule has 0 radical (unpaired) electrons. The van der Waals surface area contributed by atoms with Crippen LogP contribution in [0.25, 0.3) is 0 Å². The summed E-state index contributed by atoms with van der Waals surface area (Å²) in [6.07, 6.45) is 5.61. The van der Waals surface area contributed by atoms with Gasteiger partial charge < -0.3 is 14.6 Å². The van der Waals surface area contributed by atoms with E-state index in [4.69, 9.17) is 9.47 Å². The number of benzene rings is 1. The minimum atomic E-state index is -0.400. The summed E-state index contributed by atoms with van der Waals surface area (Å²) < 4.78 is 10.4. The molecule has 5 heteroatoms. The van der Waals surface area contributed by atoms with Gasteiger partial charge in [0.2, 0.25) is 0 Å². The molecule has 0 amide bonds. The molecular formula is C19H22O5. The van der Waals surface area contributed by atoms with Crippen LogP contribution in [0.3, 0.4) is 0 Å². The van der Waals surface area contributed by atoms with Crippen molar-refractivity contribution < 1.29 is 24.2 Å². The molecule has 0 spiro atoms. The lowest BCUT2D eigenvalue weighted by Gasteiger charge is -2.11. The van der Waals surface area contributed by atoms with Gasteiger partial charge in [0.15, 0.2) is 0 Å². The Hall–Kier alpha value is -2.56. The molecule has 1 aliphatic carbocycles. The number of carbonyl (C=O) groups is 2. The van der Waals surface area contributed by atoms with Gasteiger partial charge in [-0.05, 0) is 57.0 Å². The van der Waals surface area contributed by atoms with Crippen LogP contribution in [0.5, 0.6) is 5.75 Å². The summed E-state index contributed by atoms with van der Waals surface area (Å²) in [7, 11) is 0. The van der Waals surface area contributed by atoms with Crippen molar-refractivity contribution >= 4 is 11.9 Å². The van der Waals surface area contributed by atoms with Crippen molar-refractivity contribution in [1.82, 2.24) is 0 Å². The molecule has 1 aromatic rings. The molecule has 1 N–H and O–H groups in total. The molecule has 0 saturated heterocycles. The average Bonchev–Trinajstić information content (AvgIpc) is 2.54. The Labute approximate surface area is 141 Å². The zero-order valence-electron chi connectivity index (χ0n) is 14.0. The van der Waals surface area contributed by atoms with Gasteiger partial charge in [-0.15, -0.1) is 0 Å². The van der Waals surface area contributed by atoms with E-state index in [0.717, 1.165) is 12.0 Å². The summed E-state index contributed by atoms with van der Waals surface area (Å²) in [5, 5.41) is 9.30. The quantitative estimate of drug-likeness (QED) is 0.628. The lowest BCUT2D eigenvalue weighted by Crippen LogP contribution is -2.12. The van der Waals surface area contributed by atoms with Crippen molar-refractivity contribution in [3.63, 3.8) is 0 Å². The fourth-order valence-corrected chi connectivity index (χ4v) is 2.26. The summed E-state index contributed by atoms with van der Waals surface area (Å²) in [4.78, 5) is 23.6. The van der Waals surface area contributed by atoms with Crippen molar-refractivity contribution in [3.05, 3.63) is 53.3 Å². The third-order valence-corrected chi connectivity index (χ3v) is 3.53. The summed E-state index contributed by atoms with van der Waals surface area (Å²) in [5.41, 5.74) is 1.54. The molecule has 0 unspecified atom stereocenters. The standard InChI is InChI=1S/C19H22O5/c1-13(2)23-19(22)15-6-10-17(11-7-15)24-18(21)12-5-14-3-8-16(20)9-4-14/h3,6-8,10-11,13,20H,4-5,9,12H2,1-2H3. The van der Waals surface area contributed by atoms with E-state index < -0.39 is 5.97 Å². The molecule has 0 aliphatic heterocycles. The van der Waals surface area contributed by atoms with Gasteiger partial charge in [-0.1, -0.05) is 11.6 Å². The maximum Gasteiger partial charge on any atom is 0.338 e. The van der Waals surface area contributed by atoms with Gasteiger partial charge in [0.1, 0.15) is 5.75 Å². The van der Waals surface area contributed by atoms with Crippen molar-refractivity contribution in [1.29, 1.82) is 0 Å². The highest BCUT2D eigenvalue weighted by atomic mass is 16.5. The Morgan fingerprint density at radius 2 is 1.83 bits per heavy atom. The van der Waals surface area contributed by atoms with Crippen molar-refractivity contribution in [2.75, 3.05) is 0 Å². The summed E-state index contributed by atoms with van der Waals surface area (Å²) in [6, 6.07) is 6.31. The fourth-order valence-electron chi connectivity index (χ4n) is 2.26. The SMILES string of the molecule is CC(C)OC(=O)c1ccc(OC(=O)CCC2=CC=C(O)CC2)cc1. The number of aliphatic hydroxyl groups is 1. The first-order chi connectivity index (χ1) is 11.4. The van der Waals surface area contributed by atoms with Crippen molar-refractivity contribution in [2.45, 2.75) is 45.6 Å². The lowest BCUT2D eigenvalue weighted by molar-refractivity contribution is -0.134. The van der Waals surface area contributed by atoms with Gasteiger partial charge in [0.05, 0.1) is 17.4 Å². The predicted molar refractivity (Wildman–Crippen MR) is 89.9 cm³/mol. The largest absolute Gasteiger partial charge is 0.512 e. The van der Waals surface area contributed by atoms with Gasteiger partial charge in [0.25, 0.3) is 0 Å². The van der Waals surface area contributed by atoms with E-state index in [9.17, 15) is 14.7 Å². The molecule has 128 valence electrons. The summed E-state index contributed by atoms with van der Waals surface area (Å²) in [6.45, 7) is 3.57. The second-order valence-corrected chi connectivity index (χ2v) is 5.94. The Bertz CT molecular complexity index is 653. The number of aliphatic hydroxyl groups excluding tert-OH is 1. The first-order valence-electron chi connectivity index (χ1n) is 8.03. The Balaban J connectivity index is 1.82. The highest BCUT2D eigenvalue weighted by molar-refractivity contribution is 5.89. The Morgan fingerprint density at radius 3 is 2.42 bits per heavy atom. The number of rotatable bonds is 6. The number of hydrogen-bond acceptors (Lipinski definition) is 5. The minimum absolute atomic E-state index is 0.180. The predicted octanol–water partition coefficient (Wildman–Crippen LogP) is 4.10. The van der Waals surface area contributed by atoms with E-state index in [1.165, 1.54) is 0 Å². The van der Waals surface area contributed by atoms with Gasteiger partial charge in [-0.25, -0.2) is 4.79 Å². The summed E-state index contributed by atoms with van der Waals surface area (Å²) >= 11 is 0. The highest BCUT2D eigenvalue weighted by Crippen LogP contribution is 2.21. The lowest BCUT2D eigenvalue weighted by atomic mass is 9.99. The van der Waals surface area contributed by atoms with Crippen LogP contribution in [0.4, 0.5) is 0 Å². The molecule has 2 rings (SSSR count). The molecular weight excluding hydrogens is 308 g/mol. The first kappa shape index (κ1) is 17.8. The van der Waals surface area contributed by atoms with Crippen LogP contribution in [0.1, 0.15) is 49.9 Å². The van der Waals surface area contributed by atoms with Crippen LogP contribution >= 0.6 is 0 Å². The molecule has 24 heavy (non-hydrogen) atoms. The smallest absolute Gasteiger partial charge is 0.338 e. The molecule has 0 atom stereocenters. The van der Waals surface area contributed by atoms with Gasteiger partial charge in [-0.3, -0.25) is 4.79 Å². The number of allylic oxidation sites excluding steroid dienone is 4. The molecule has 0 fully saturated rings. The molecule has 1 aliphatic rings. The monoisotopic (exact) mass is 330 g/mol. The first-order valence-corrected chi connectivity index (χ1v) is 8.03. The van der Waals surface area contributed by atoms with Gasteiger partial charge in [0, 0.05) is 12.8 Å². The minimum Gasteiger partial charge on any atom is -0.512 e. The van der Waals surface area contributed by atoms with Crippen LogP contribution in [0.2, 0.25) is 0 Å². The second kappa shape index (κ2) is 8.34. The van der Waals surface area contributed by atoms with E-state index in [0.29, 0.717) is 29.9 Å². The van der Waals surface area contributed by atoms with Crippen LogP contribution in [-0.4, -0.2) is 23.1 Å². The second-order valence-electron chi connectivity index (χ2n) is 5.94. The molecule has 0 bridgehead atoms. The van der Waals surface area contributed by atoms with E-state index in [-0.39, 0.29) is 18.5 Å². The Morgan fingerprint density at radius 1 is 1.12 bits per heavy atom.